The van der Waals surface area contributed by atoms with Gasteiger partial charge in [0, 0.05) is 39.3 Å². The molecule has 0 spiro atoms. The summed E-state index contributed by atoms with van der Waals surface area (Å²) >= 11 is 0. The molecule has 1 heterocycles. The maximum absolute atomic E-state index is 10.1. The second kappa shape index (κ2) is 6.55. The van der Waals surface area contributed by atoms with Crippen molar-refractivity contribution in [1.82, 2.24) is 5.32 Å². The summed E-state index contributed by atoms with van der Waals surface area (Å²) in [4.78, 5) is 0. The number of hydrogen-bond acceptors (Lipinski definition) is 4. The predicted molar refractivity (Wildman–Crippen MR) is 63.5 cm³/mol. The van der Waals surface area contributed by atoms with E-state index in [1.54, 1.807) is 7.11 Å². The van der Waals surface area contributed by atoms with Crippen LogP contribution in [0.15, 0.2) is 0 Å². The van der Waals surface area contributed by atoms with Gasteiger partial charge in [-0.3, -0.25) is 0 Å². The molecule has 0 aromatic heterocycles. The minimum absolute atomic E-state index is 0.400. The van der Waals surface area contributed by atoms with Crippen LogP contribution in [0, 0.1) is 5.92 Å². The Bertz CT molecular complexity index is 191. The van der Waals surface area contributed by atoms with Crippen LogP contribution in [0.5, 0.6) is 0 Å². The van der Waals surface area contributed by atoms with Gasteiger partial charge in [-0.1, -0.05) is 0 Å². The van der Waals surface area contributed by atoms with Gasteiger partial charge in [-0.15, -0.1) is 0 Å². The molecule has 96 valence electrons. The highest BCUT2D eigenvalue weighted by Gasteiger charge is 2.25. The zero-order valence-electron chi connectivity index (χ0n) is 10.7. The lowest BCUT2D eigenvalue weighted by Gasteiger charge is -2.27. The number of rotatable bonds is 7. The Labute approximate surface area is 98.3 Å². The van der Waals surface area contributed by atoms with Gasteiger partial charge in [-0.25, -0.2) is 0 Å². The summed E-state index contributed by atoms with van der Waals surface area (Å²) in [6.45, 7) is 6.91. The molecule has 0 radical (unpaired) electrons. The van der Waals surface area contributed by atoms with Crippen molar-refractivity contribution in [1.29, 1.82) is 0 Å². The largest absolute Gasteiger partial charge is 0.389 e. The van der Waals surface area contributed by atoms with E-state index in [4.69, 9.17) is 9.47 Å². The molecule has 16 heavy (non-hydrogen) atoms. The molecule has 0 bridgehead atoms. The molecule has 3 atom stereocenters. The highest BCUT2D eigenvalue weighted by Crippen LogP contribution is 2.17. The van der Waals surface area contributed by atoms with Gasteiger partial charge < -0.3 is 19.9 Å². The van der Waals surface area contributed by atoms with Gasteiger partial charge in [-0.05, 0) is 26.2 Å². The Balaban J connectivity index is 2.21. The monoisotopic (exact) mass is 231 g/mol. The van der Waals surface area contributed by atoms with E-state index in [0.717, 1.165) is 19.6 Å². The lowest BCUT2D eigenvalue weighted by atomic mass is 9.98. The number of nitrogens with one attached hydrogen (secondary N) is 1. The van der Waals surface area contributed by atoms with Gasteiger partial charge >= 0.3 is 0 Å². The molecular formula is C12H25NO3. The molecule has 0 aromatic carbocycles. The van der Waals surface area contributed by atoms with Crippen LogP contribution in [-0.4, -0.2) is 50.2 Å². The fourth-order valence-corrected chi connectivity index (χ4v) is 1.90. The third-order valence-electron chi connectivity index (χ3n) is 3.32. The van der Waals surface area contributed by atoms with Crippen LogP contribution < -0.4 is 5.32 Å². The predicted octanol–water partition coefficient (Wildman–Crippen LogP) is 0.788. The van der Waals surface area contributed by atoms with Crippen LogP contribution in [0.25, 0.3) is 0 Å². The van der Waals surface area contributed by atoms with Crippen molar-refractivity contribution in [2.45, 2.75) is 38.3 Å². The normalized spacial score (nSPS) is 26.6. The molecule has 1 aliphatic rings. The van der Waals surface area contributed by atoms with Gasteiger partial charge in [0.15, 0.2) is 0 Å². The first-order valence-corrected chi connectivity index (χ1v) is 6.07. The van der Waals surface area contributed by atoms with E-state index in [1.165, 1.54) is 0 Å². The van der Waals surface area contributed by atoms with E-state index in [1.807, 2.05) is 6.92 Å². The molecule has 1 saturated heterocycles. The Hall–Kier alpha value is -0.160. The summed E-state index contributed by atoms with van der Waals surface area (Å²) in [5.74, 6) is 0.582. The number of methoxy groups -OCH3 is 1. The molecule has 2 N–H and O–H groups in total. The van der Waals surface area contributed by atoms with E-state index in [0.29, 0.717) is 31.5 Å². The topological polar surface area (TPSA) is 50.7 Å². The summed E-state index contributed by atoms with van der Waals surface area (Å²) < 4.78 is 10.3. The van der Waals surface area contributed by atoms with Crippen LogP contribution >= 0.6 is 0 Å². The highest BCUT2D eigenvalue weighted by atomic mass is 16.5. The molecule has 1 aliphatic heterocycles. The van der Waals surface area contributed by atoms with E-state index in [2.05, 4.69) is 12.2 Å². The van der Waals surface area contributed by atoms with Gasteiger partial charge in [0.05, 0.1) is 12.2 Å². The van der Waals surface area contributed by atoms with Crippen molar-refractivity contribution < 1.29 is 14.6 Å². The molecule has 0 saturated carbocycles. The molecule has 4 nitrogen and oxygen atoms in total. The minimum atomic E-state index is -0.691. The summed E-state index contributed by atoms with van der Waals surface area (Å²) in [6.07, 6.45) is 1.78. The Kier molecular flexibility index (Phi) is 5.69. The molecule has 0 aliphatic carbocycles. The van der Waals surface area contributed by atoms with Gasteiger partial charge in [0.2, 0.25) is 0 Å². The lowest BCUT2D eigenvalue weighted by Crippen LogP contribution is -2.44. The minimum Gasteiger partial charge on any atom is -0.389 e. The fourth-order valence-electron chi connectivity index (χ4n) is 1.90. The smallest absolute Gasteiger partial charge is 0.0765 e. The van der Waals surface area contributed by atoms with Crippen LogP contribution in [0.4, 0.5) is 0 Å². The average molecular weight is 231 g/mol. The summed E-state index contributed by atoms with van der Waals surface area (Å²) in [5, 5.41) is 13.5. The summed E-state index contributed by atoms with van der Waals surface area (Å²) in [7, 11) is 1.65. The Morgan fingerprint density at radius 1 is 1.62 bits per heavy atom. The number of aliphatic hydroxyl groups is 1. The fraction of sp³-hybridized carbons (Fsp3) is 1.00. The van der Waals surface area contributed by atoms with Crippen molar-refractivity contribution in [2.24, 2.45) is 5.92 Å². The quantitative estimate of drug-likeness (QED) is 0.680. The molecule has 3 unspecified atom stereocenters. The molecule has 1 fully saturated rings. The average Bonchev–Trinajstić information content (AvgIpc) is 2.77. The zero-order chi connectivity index (χ0) is 12.0. The van der Waals surface area contributed by atoms with Crippen molar-refractivity contribution in [3.8, 4) is 0 Å². The van der Waals surface area contributed by atoms with Gasteiger partial charge in [0.25, 0.3) is 0 Å². The molecule has 0 amide bonds. The second-order valence-electron chi connectivity index (χ2n) is 5.03. The van der Waals surface area contributed by atoms with E-state index < -0.39 is 5.60 Å². The SMILES string of the molecule is COCCC(C)(O)CNC(C)C1CCOC1. The second-order valence-corrected chi connectivity index (χ2v) is 5.03. The first kappa shape index (κ1) is 13.9. The molecule has 0 aromatic rings. The maximum Gasteiger partial charge on any atom is 0.0765 e. The molecule has 4 heteroatoms. The highest BCUT2D eigenvalue weighted by molar-refractivity contribution is 4.81. The van der Waals surface area contributed by atoms with E-state index in [-0.39, 0.29) is 0 Å². The van der Waals surface area contributed by atoms with Crippen molar-refractivity contribution >= 4 is 0 Å². The standard InChI is InChI=1S/C12H25NO3/c1-10(11-4-6-16-8-11)13-9-12(2,14)5-7-15-3/h10-11,13-14H,4-9H2,1-3H3. The van der Waals surface area contributed by atoms with Gasteiger partial charge in [0.1, 0.15) is 0 Å². The maximum atomic E-state index is 10.1. The Morgan fingerprint density at radius 3 is 2.94 bits per heavy atom. The lowest BCUT2D eigenvalue weighted by molar-refractivity contribution is 0.0214. The van der Waals surface area contributed by atoms with E-state index >= 15 is 0 Å². The first-order valence-electron chi connectivity index (χ1n) is 6.07. The Morgan fingerprint density at radius 2 is 2.38 bits per heavy atom. The van der Waals surface area contributed by atoms with Crippen LogP contribution in [0.2, 0.25) is 0 Å². The third kappa shape index (κ3) is 4.78. The van der Waals surface area contributed by atoms with Crippen LogP contribution in [-0.2, 0) is 9.47 Å². The van der Waals surface area contributed by atoms with Crippen molar-refractivity contribution in [2.75, 3.05) is 33.5 Å². The van der Waals surface area contributed by atoms with Crippen molar-refractivity contribution in [3.05, 3.63) is 0 Å². The first-order chi connectivity index (χ1) is 7.55. The van der Waals surface area contributed by atoms with E-state index in [9.17, 15) is 5.11 Å². The molecule has 1 rings (SSSR count). The van der Waals surface area contributed by atoms with Gasteiger partial charge in [-0.2, -0.15) is 0 Å². The third-order valence-corrected chi connectivity index (χ3v) is 3.32. The number of ether oxygens (including phenoxy) is 2. The summed E-state index contributed by atoms with van der Waals surface area (Å²) in [6, 6.07) is 0.400. The van der Waals surface area contributed by atoms with Crippen molar-refractivity contribution in [3.63, 3.8) is 0 Å². The van der Waals surface area contributed by atoms with Crippen LogP contribution in [0.3, 0.4) is 0 Å². The zero-order valence-corrected chi connectivity index (χ0v) is 10.7. The van der Waals surface area contributed by atoms with Crippen LogP contribution in [0.1, 0.15) is 26.7 Å². The summed E-state index contributed by atoms with van der Waals surface area (Å²) in [5.41, 5.74) is -0.691. The number of hydrogen-bond donors (Lipinski definition) is 2. The molecular weight excluding hydrogens is 206 g/mol.